The first-order valence-electron chi connectivity index (χ1n) is 13.1. The highest BCUT2D eigenvalue weighted by atomic mass is 32.2. The molecule has 5 nitrogen and oxygen atoms in total. The molecule has 0 unspecified atom stereocenters. The Kier molecular flexibility index (Phi) is 10.5. The van der Waals surface area contributed by atoms with Crippen molar-refractivity contribution in [1.29, 1.82) is 0 Å². The van der Waals surface area contributed by atoms with Crippen LogP contribution >= 0.6 is 11.8 Å². The van der Waals surface area contributed by atoms with Gasteiger partial charge in [0.25, 0.3) is 0 Å². The molecule has 2 aromatic carbocycles. The first-order chi connectivity index (χ1) is 17.1. The monoisotopic (exact) mass is 532 g/mol. The van der Waals surface area contributed by atoms with Gasteiger partial charge >= 0.3 is 0 Å². The first-order valence-corrected chi connectivity index (χ1v) is 16.1. The lowest BCUT2D eigenvalue weighted by Crippen LogP contribution is -2.62. The number of hydrogen-bond acceptors (Lipinski definition) is 6. The summed E-state index contributed by atoms with van der Waals surface area (Å²) in [7, 11) is -0.583. The van der Waals surface area contributed by atoms with Crippen LogP contribution in [0.15, 0.2) is 59.5 Å². The predicted octanol–water partition coefficient (Wildman–Crippen LogP) is 7.04. The van der Waals surface area contributed by atoms with Gasteiger partial charge in [0.05, 0.1) is 25.9 Å². The second-order valence-electron chi connectivity index (χ2n) is 10.7. The Hall–Kier alpha value is -1.35. The van der Waals surface area contributed by atoms with Gasteiger partial charge in [-0.3, -0.25) is 0 Å². The molecule has 1 aliphatic heterocycles. The maximum Gasteiger partial charge on any atom is 0.201 e. The molecule has 3 rings (SSSR count). The molecule has 36 heavy (non-hydrogen) atoms. The Morgan fingerprint density at radius 3 is 2.00 bits per heavy atom. The number of ether oxygens (including phenoxy) is 3. The van der Waals surface area contributed by atoms with E-state index in [1.54, 1.807) is 18.9 Å². The van der Waals surface area contributed by atoms with Crippen molar-refractivity contribution in [3.8, 4) is 5.75 Å². The minimum atomic E-state index is -2.24. The van der Waals surface area contributed by atoms with Crippen LogP contribution in [0.2, 0.25) is 16.6 Å². The van der Waals surface area contributed by atoms with Crippen molar-refractivity contribution in [3.05, 3.63) is 60.2 Å². The molecule has 200 valence electrons. The molecule has 0 amide bonds. The molecular weight excluding hydrogens is 488 g/mol. The van der Waals surface area contributed by atoms with Gasteiger partial charge in [-0.25, -0.2) is 0 Å². The van der Waals surface area contributed by atoms with Crippen LogP contribution in [0.1, 0.15) is 54.0 Å². The second-order valence-corrected chi connectivity index (χ2v) is 17.2. The Balaban J connectivity index is 1.87. The summed E-state index contributed by atoms with van der Waals surface area (Å²) in [6, 6.07) is 18.0. The molecule has 2 aromatic rings. The Labute approximate surface area is 223 Å². The average Bonchev–Trinajstić information content (AvgIpc) is 2.84. The topological polar surface area (TPSA) is 57.2 Å². The maximum atomic E-state index is 11.8. The third-order valence-electron chi connectivity index (χ3n) is 7.40. The van der Waals surface area contributed by atoms with E-state index in [-0.39, 0.29) is 11.5 Å². The highest BCUT2D eigenvalue weighted by Crippen LogP contribution is 2.45. The van der Waals surface area contributed by atoms with Crippen molar-refractivity contribution in [2.24, 2.45) is 0 Å². The molecule has 7 heteroatoms. The average molecular weight is 533 g/mol. The number of aliphatic hydroxyl groups is 1. The van der Waals surface area contributed by atoms with E-state index in [1.165, 1.54) is 0 Å². The summed E-state index contributed by atoms with van der Waals surface area (Å²) in [4.78, 5) is 1.08. The highest BCUT2D eigenvalue weighted by Gasteiger charge is 2.52. The van der Waals surface area contributed by atoms with Crippen molar-refractivity contribution < 1.29 is 23.7 Å². The summed E-state index contributed by atoms with van der Waals surface area (Å²) in [5.41, 5.74) is 1.88. The maximum absolute atomic E-state index is 11.8. The van der Waals surface area contributed by atoms with Gasteiger partial charge in [0.1, 0.15) is 23.4 Å². The van der Waals surface area contributed by atoms with Crippen LogP contribution in [-0.4, -0.2) is 50.4 Å². The predicted molar refractivity (Wildman–Crippen MR) is 150 cm³/mol. The summed E-state index contributed by atoms with van der Waals surface area (Å²) in [6.07, 6.45) is -2.06. The third kappa shape index (κ3) is 6.55. The minimum Gasteiger partial charge on any atom is -0.497 e. The van der Waals surface area contributed by atoms with E-state index in [9.17, 15) is 5.11 Å². The van der Waals surface area contributed by atoms with E-state index in [0.717, 1.165) is 16.2 Å². The van der Waals surface area contributed by atoms with Crippen LogP contribution in [0.25, 0.3) is 0 Å². The molecule has 0 bridgehead atoms. The molecule has 1 saturated heterocycles. The van der Waals surface area contributed by atoms with Gasteiger partial charge in [-0.2, -0.15) is 0 Å². The molecule has 1 N–H and O–H groups in total. The van der Waals surface area contributed by atoms with Crippen LogP contribution in [0.3, 0.4) is 0 Å². The highest BCUT2D eigenvalue weighted by molar-refractivity contribution is 7.99. The molecule has 0 radical (unpaired) electrons. The van der Waals surface area contributed by atoms with Gasteiger partial charge in [0, 0.05) is 4.90 Å². The molecule has 0 aromatic heterocycles. The van der Waals surface area contributed by atoms with E-state index in [1.807, 2.05) is 49.4 Å². The normalized spacial score (nSPS) is 25.1. The number of methoxy groups -OCH3 is 1. The van der Waals surface area contributed by atoms with Crippen LogP contribution in [-0.2, 0) is 20.5 Å². The largest absolute Gasteiger partial charge is 0.497 e. The standard InChI is InChI=1S/C29H44O5SSi/c1-19(2)36(20(3)4,21(5)6)34-27-22(7)33-29(35-25-12-10-9-11-13-25)28(26(27)30)32-18-23-14-16-24(31-8)17-15-23/h9-17,19-22,26-30H,18H2,1-8H3/t22-,26+,27-,28+,29-/m1/s1. The van der Waals surface area contributed by atoms with Crippen molar-refractivity contribution in [3.63, 3.8) is 0 Å². The summed E-state index contributed by atoms with van der Waals surface area (Å²) in [6.45, 7) is 16.0. The van der Waals surface area contributed by atoms with Gasteiger partial charge in [0.2, 0.25) is 8.32 Å². The van der Waals surface area contributed by atoms with Crippen molar-refractivity contribution in [2.75, 3.05) is 7.11 Å². The SMILES string of the molecule is COc1ccc(CO[C@H]2[C@@H](O)[C@H](O[Si](C(C)C)(C(C)C)C(C)C)[C@@H](C)O[C@@H]2Sc2ccccc2)cc1. The Bertz CT molecular complexity index is 899. The molecule has 1 fully saturated rings. The van der Waals surface area contributed by atoms with Crippen molar-refractivity contribution in [2.45, 2.75) is 106 Å². The third-order valence-corrected chi connectivity index (χ3v) is 14.6. The van der Waals surface area contributed by atoms with Gasteiger partial charge in [0.15, 0.2) is 0 Å². The lowest BCUT2D eigenvalue weighted by atomic mass is 10.0. The van der Waals surface area contributed by atoms with Crippen molar-refractivity contribution in [1.82, 2.24) is 0 Å². The molecule has 1 aliphatic rings. The lowest BCUT2D eigenvalue weighted by molar-refractivity contribution is -0.206. The molecule has 5 atom stereocenters. The van der Waals surface area contributed by atoms with E-state index in [4.69, 9.17) is 18.6 Å². The van der Waals surface area contributed by atoms with Gasteiger partial charge in [-0.15, -0.1) is 0 Å². The summed E-state index contributed by atoms with van der Waals surface area (Å²) in [5, 5.41) is 11.8. The van der Waals surface area contributed by atoms with Crippen LogP contribution in [0, 0.1) is 0 Å². The fourth-order valence-corrected chi connectivity index (χ4v) is 12.4. The van der Waals surface area contributed by atoms with Gasteiger partial charge in [-0.1, -0.05) is 83.6 Å². The van der Waals surface area contributed by atoms with Crippen LogP contribution in [0.5, 0.6) is 5.75 Å². The summed E-state index contributed by atoms with van der Waals surface area (Å²) in [5.74, 6) is 0.803. The Morgan fingerprint density at radius 2 is 1.47 bits per heavy atom. The van der Waals surface area contributed by atoms with Crippen LogP contribution in [0.4, 0.5) is 0 Å². The lowest BCUT2D eigenvalue weighted by Gasteiger charge is -2.50. The number of aliphatic hydroxyl groups excluding tert-OH is 1. The number of rotatable bonds is 11. The van der Waals surface area contributed by atoms with E-state index in [2.05, 4.69) is 53.7 Å². The van der Waals surface area contributed by atoms with Gasteiger partial charge in [-0.05, 0) is 53.4 Å². The zero-order valence-corrected chi connectivity index (χ0v) is 24.8. The summed E-state index contributed by atoms with van der Waals surface area (Å²) >= 11 is 1.59. The smallest absolute Gasteiger partial charge is 0.201 e. The fourth-order valence-electron chi connectivity index (χ4n) is 5.62. The molecule has 0 saturated carbocycles. The van der Waals surface area contributed by atoms with E-state index < -0.39 is 26.6 Å². The molecule has 0 aliphatic carbocycles. The van der Waals surface area contributed by atoms with Gasteiger partial charge < -0.3 is 23.7 Å². The van der Waals surface area contributed by atoms with Crippen LogP contribution < -0.4 is 4.74 Å². The molecule has 0 spiro atoms. The van der Waals surface area contributed by atoms with E-state index in [0.29, 0.717) is 23.2 Å². The summed E-state index contributed by atoms with van der Waals surface area (Å²) < 4.78 is 25.3. The zero-order chi connectivity index (χ0) is 26.5. The number of thioether (sulfide) groups is 1. The first kappa shape index (κ1) is 29.2. The zero-order valence-electron chi connectivity index (χ0n) is 23.0. The van der Waals surface area contributed by atoms with Crippen molar-refractivity contribution >= 4 is 20.1 Å². The molecular formula is C29H44O5SSi. The quantitative estimate of drug-likeness (QED) is 0.313. The Morgan fingerprint density at radius 1 is 0.889 bits per heavy atom. The second kappa shape index (κ2) is 12.9. The fraction of sp³-hybridized carbons (Fsp3) is 0.586. The number of benzene rings is 2. The van der Waals surface area contributed by atoms with E-state index >= 15 is 0 Å². The number of hydrogen-bond donors (Lipinski definition) is 1. The molecule has 1 heterocycles. The minimum absolute atomic E-state index is 0.259.